The van der Waals surface area contributed by atoms with Gasteiger partial charge in [-0.2, -0.15) is 5.10 Å². The van der Waals surface area contributed by atoms with Crippen molar-refractivity contribution in [3.8, 4) is 0 Å². The van der Waals surface area contributed by atoms with Gasteiger partial charge in [0.2, 0.25) is 0 Å². The van der Waals surface area contributed by atoms with Gasteiger partial charge >= 0.3 is 0 Å². The summed E-state index contributed by atoms with van der Waals surface area (Å²) in [5.74, 6) is 0.836. The van der Waals surface area contributed by atoms with Crippen LogP contribution >= 0.6 is 15.9 Å². The monoisotopic (exact) mass is 341 g/mol. The number of aliphatic hydroxyl groups excluding tert-OH is 1. The summed E-state index contributed by atoms with van der Waals surface area (Å²) in [7, 11) is 0. The molecule has 0 fully saturated rings. The summed E-state index contributed by atoms with van der Waals surface area (Å²) in [5.41, 5.74) is 0.650. The number of hydrogen-bond donors (Lipinski definition) is 1. The largest absolute Gasteiger partial charge is 0.388 e. The van der Waals surface area contributed by atoms with Crippen molar-refractivity contribution in [3.05, 3.63) is 46.2 Å². The molecular weight excluding hydrogens is 325 g/mol. The molecule has 0 aliphatic carbocycles. The normalized spacial score (nSPS) is 12.9. The van der Waals surface area contributed by atoms with Crippen molar-refractivity contribution in [2.45, 2.75) is 32.9 Å². The van der Waals surface area contributed by atoms with Crippen molar-refractivity contribution < 1.29 is 9.50 Å². The van der Waals surface area contributed by atoms with Gasteiger partial charge in [-0.15, -0.1) is 0 Å². The Kier molecular flexibility index (Phi) is 4.88. The van der Waals surface area contributed by atoms with Crippen LogP contribution in [0, 0.1) is 11.7 Å². The fraction of sp³-hybridized carbons (Fsp3) is 0.429. The zero-order valence-electron chi connectivity index (χ0n) is 11.4. The number of rotatable bonds is 5. The lowest BCUT2D eigenvalue weighted by atomic mass is 10.1. The van der Waals surface area contributed by atoms with E-state index in [1.807, 2.05) is 0 Å². The fourth-order valence-electron chi connectivity index (χ4n) is 1.95. The van der Waals surface area contributed by atoms with Crippen molar-refractivity contribution in [1.29, 1.82) is 0 Å². The molecule has 1 atom stereocenters. The highest BCUT2D eigenvalue weighted by Gasteiger charge is 2.15. The second kappa shape index (κ2) is 6.45. The smallest absolute Gasteiger partial charge is 0.138 e. The summed E-state index contributed by atoms with van der Waals surface area (Å²) in [6.45, 7) is 4.95. The molecule has 6 heteroatoms. The van der Waals surface area contributed by atoms with Crippen LogP contribution in [0.1, 0.15) is 31.3 Å². The minimum Gasteiger partial charge on any atom is -0.388 e. The second-order valence-electron chi connectivity index (χ2n) is 5.15. The molecule has 1 heterocycles. The average molecular weight is 342 g/mol. The number of aromatic nitrogens is 3. The van der Waals surface area contributed by atoms with Crippen LogP contribution in [-0.4, -0.2) is 19.9 Å². The summed E-state index contributed by atoms with van der Waals surface area (Å²) in [5, 5.41) is 14.4. The molecule has 1 aromatic carbocycles. The zero-order chi connectivity index (χ0) is 14.7. The third kappa shape index (κ3) is 3.64. The van der Waals surface area contributed by atoms with E-state index in [1.165, 1.54) is 12.4 Å². The summed E-state index contributed by atoms with van der Waals surface area (Å²) < 4.78 is 15.3. The lowest BCUT2D eigenvalue weighted by molar-refractivity contribution is 0.173. The Morgan fingerprint density at radius 1 is 1.40 bits per heavy atom. The van der Waals surface area contributed by atoms with E-state index in [9.17, 15) is 9.50 Å². The van der Waals surface area contributed by atoms with Crippen LogP contribution in [-0.2, 0) is 13.0 Å². The first-order valence-electron chi connectivity index (χ1n) is 6.47. The van der Waals surface area contributed by atoms with Crippen LogP contribution in [0.3, 0.4) is 0 Å². The Bertz CT molecular complexity index is 586. The van der Waals surface area contributed by atoms with Gasteiger partial charge in [0.1, 0.15) is 18.0 Å². The zero-order valence-corrected chi connectivity index (χ0v) is 13.0. The summed E-state index contributed by atoms with van der Waals surface area (Å²) in [6, 6.07) is 4.50. The van der Waals surface area contributed by atoms with Gasteiger partial charge in [0.15, 0.2) is 0 Å². The molecule has 4 nitrogen and oxygen atoms in total. The van der Waals surface area contributed by atoms with E-state index in [-0.39, 0.29) is 5.82 Å². The van der Waals surface area contributed by atoms with Crippen molar-refractivity contribution >= 4 is 15.9 Å². The predicted octanol–water partition coefficient (Wildman–Crippen LogP) is 3.11. The predicted molar refractivity (Wildman–Crippen MR) is 77.6 cm³/mol. The van der Waals surface area contributed by atoms with E-state index in [1.54, 1.807) is 16.8 Å². The van der Waals surface area contributed by atoms with Crippen LogP contribution < -0.4 is 0 Å². The highest BCUT2D eigenvalue weighted by molar-refractivity contribution is 9.10. The molecule has 0 spiro atoms. The fourth-order valence-corrected chi connectivity index (χ4v) is 2.35. The Balaban J connectivity index is 2.13. The Labute approximate surface area is 125 Å². The third-order valence-electron chi connectivity index (χ3n) is 2.94. The molecule has 0 saturated carbocycles. The first-order valence-corrected chi connectivity index (χ1v) is 7.26. The topological polar surface area (TPSA) is 50.9 Å². The van der Waals surface area contributed by atoms with Gasteiger partial charge < -0.3 is 5.11 Å². The molecule has 0 aliphatic rings. The number of halogens is 2. The van der Waals surface area contributed by atoms with Crippen LogP contribution in [0.15, 0.2) is 29.0 Å². The molecule has 0 amide bonds. The van der Waals surface area contributed by atoms with Crippen LogP contribution in [0.4, 0.5) is 4.39 Å². The first-order chi connectivity index (χ1) is 9.47. The molecule has 108 valence electrons. The van der Waals surface area contributed by atoms with E-state index < -0.39 is 6.10 Å². The molecule has 0 aliphatic heterocycles. The highest BCUT2D eigenvalue weighted by Crippen LogP contribution is 2.23. The number of nitrogens with zero attached hydrogens (tertiary/aromatic N) is 3. The number of benzene rings is 1. The maximum atomic E-state index is 13.2. The molecule has 0 radical (unpaired) electrons. The average Bonchev–Trinajstić information content (AvgIpc) is 2.79. The molecule has 2 aromatic rings. The molecule has 0 saturated heterocycles. The van der Waals surface area contributed by atoms with Crippen LogP contribution in [0.2, 0.25) is 0 Å². The van der Waals surface area contributed by atoms with Gasteiger partial charge in [-0.05, 0) is 39.5 Å². The molecule has 2 rings (SSSR count). The van der Waals surface area contributed by atoms with E-state index in [0.29, 0.717) is 22.4 Å². The van der Waals surface area contributed by atoms with Crippen molar-refractivity contribution in [2.75, 3.05) is 0 Å². The molecule has 0 bridgehead atoms. The standard InChI is InChI=1S/C14H17BrFN3O/c1-9(2)7-19-14(17-8-18-19)6-13(20)10-3-4-12(16)11(15)5-10/h3-5,8-9,13,20H,6-7H2,1-2H3. The van der Waals surface area contributed by atoms with Crippen molar-refractivity contribution in [2.24, 2.45) is 5.92 Å². The van der Waals surface area contributed by atoms with Gasteiger partial charge in [0, 0.05) is 13.0 Å². The molecule has 1 N–H and O–H groups in total. The van der Waals surface area contributed by atoms with Gasteiger partial charge in [-0.1, -0.05) is 19.9 Å². The van der Waals surface area contributed by atoms with Crippen LogP contribution in [0.25, 0.3) is 0 Å². The minimum absolute atomic E-state index is 0.344. The van der Waals surface area contributed by atoms with Crippen molar-refractivity contribution in [3.63, 3.8) is 0 Å². The van der Waals surface area contributed by atoms with Crippen LogP contribution in [0.5, 0.6) is 0 Å². The van der Waals surface area contributed by atoms with Gasteiger partial charge in [-0.25, -0.2) is 14.1 Å². The summed E-state index contributed by atoms with van der Waals surface area (Å²) >= 11 is 3.12. The molecule has 1 aromatic heterocycles. The Morgan fingerprint density at radius 2 is 2.15 bits per heavy atom. The first kappa shape index (κ1) is 15.1. The quantitative estimate of drug-likeness (QED) is 0.908. The lowest BCUT2D eigenvalue weighted by Crippen LogP contribution is -2.13. The maximum absolute atomic E-state index is 13.2. The molecule has 1 unspecified atom stereocenters. The van der Waals surface area contributed by atoms with E-state index >= 15 is 0 Å². The second-order valence-corrected chi connectivity index (χ2v) is 6.00. The third-order valence-corrected chi connectivity index (χ3v) is 3.55. The summed E-state index contributed by atoms with van der Waals surface area (Å²) in [6.07, 6.45) is 1.11. The van der Waals surface area contributed by atoms with E-state index in [0.717, 1.165) is 12.4 Å². The van der Waals surface area contributed by atoms with Gasteiger partial charge in [0.25, 0.3) is 0 Å². The SMILES string of the molecule is CC(C)Cn1ncnc1CC(O)c1ccc(F)c(Br)c1. The van der Waals surface area contributed by atoms with E-state index in [4.69, 9.17) is 0 Å². The summed E-state index contributed by atoms with van der Waals surface area (Å²) in [4.78, 5) is 4.18. The Morgan fingerprint density at radius 3 is 2.80 bits per heavy atom. The number of aliphatic hydroxyl groups is 1. The van der Waals surface area contributed by atoms with E-state index in [2.05, 4.69) is 39.9 Å². The lowest BCUT2D eigenvalue weighted by Gasteiger charge is -2.13. The minimum atomic E-state index is -0.734. The number of hydrogen-bond acceptors (Lipinski definition) is 3. The highest BCUT2D eigenvalue weighted by atomic mass is 79.9. The maximum Gasteiger partial charge on any atom is 0.138 e. The van der Waals surface area contributed by atoms with Crippen molar-refractivity contribution in [1.82, 2.24) is 14.8 Å². The van der Waals surface area contributed by atoms with Gasteiger partial charge in [0.05, 0.1) is 10.6 Å². The van der Waals surface area contributed by atoms with Gasteiger partial charge in [-0.3, -0.25) is 0 Å². The Hall–Kier alpha value is -1.27. The molecular formula is C14H17BrFN3O. The molecule has 20 heavy (non-hydrogen) atoms.